The van der Waals surface area contributed by atoms with Gasteiger partial charge in [0.1, 0.15) is 6.04 Å². The summed E-state index contributed by atoms with van der Waals surface area (Å²) in [6.07, 6.45) is 3.78. The Morgan fingerprint density at radius 2 is 2.15 bits per heavy atom. The number of carbonyl (C=O) groups excluding carboxylic acids is 1. The Hall–Kier alpha value is -1.29. The van der Waals surface area contributed by atoms with Gasteiger partial charge in [0.15, 0.2) is 0 Å². The number of rotatable bonds is 4. The zero-order chi connectivity index (χ0) is 9.68. The zero-order valence-electron chi connectivity index (χ0n) is 7.73. The van der Waals surface area contributed by atoms with Crippen LogP contribution >= 0.6 is 0 Å². The van der Waals surface area contributed by atoms with Crippen molar-refractivity contribution in [2.45, 2.75) is 19.5 Å². The SMILES string of the molecule is CCNC(=O)[C@@H](N)Cn1cccc1. The highest BCUT2D eigenvalue weighted by molar-refractivity contribution is 5.81. The summed E-state index contributed by atoms with van der Waals surface area (Å²) in [4.78, 5) is 11.2. The second-order valence-electron chi connectivity index (χ2n) is 2.88. The standard InChI is InChI=1S/C9H15N3O/c1-2-11-9(13)8(10)7-12-5-3-4-6-12/h3-6,8H,2,7,10H2,1H3,(H,11,13)/t8-/m0/s1. The molecule has 0 bridgehead atoms. The van der Waals surface area contributed by atoms with Crippen LogP contribution < -0.4 is 11.1 Å². The van der Waals surface area contributed by atoms with Crippen LogP contribution in [0.1, 0.15) is 6.92 Å². The molecule has 0 aliphatic carbocycles. The average Bonchev–Trinajstić information content (AvgIpc) is 2.57. The highest BCUT2D eigenvalue weighted by Crippen LogP contribution is 1.92. The second-order valence-corrected chi connectivity index (χ2v) is 2.88. The van der Waals surface area contributed by atoms with Gasteiger partial charge in [0.05, 0.1) is 0 Å². The minimum atomic E-state index is -0.465. The Morgan fingerprint density at radius 3 is 2.69 bits per heavy atom. The topological polar surface area (TPSA) is 60.1 Å². The minimum Gasteiger partial charge on any atom is -0.355 e. The molecule has 1 rings (SSSR count). The van der Waals surface area contributed by atoms with Crippen LogP contribution in [0.25, 0.3) is 0 Å². The minimum absolute atomic E-state index is 0.101. The van der Waals surface area contributed by atoms with Crippen LogP contribution in [0.5, 0.6) is 0 Å². The largest absolute Gasteiger partial charge is 0.355 e. The van der Waals surface area contributed by atoms with E-state index in [1.807, 2.05) is 36.0 Å². The molecule has 1 amide bonds. The fraction of sp³-hybridized carbons (Fsp3) is 0.444. The third-order valence-electron chi connectivity index (χ3n) is 1.76. The van der Waals surface area contributed by atoms with Gasteiger partial charge in [-0.2, -0.15) is 0 Å². The Labute approximate surface area is 77.7 Å². The van der Waals surface area contributed by atoms with Gasteiger partial charge in [0.2, 0.25) is 5.91 Å². The predicted octanol–water partition coefficient (Wildman–Crippen LogP) is -0.0485. The first-order chi connectivity index (χ1) is 6.24. The van der Waals surface area contributed by atoms with E-state index in [1.165, 1.54) is 0 Å². The van der Waals surface area contributed by atoms with Crippen molar-refractivity contribution >= 4 is 5.91 Å². The molecule has 0 fully saturated rings. The van der Waals surface area contributed by atoms with Crippen LogP contribution in [0.3, 0.4) is 0 Å². The van der Waals surface area contributed by atoms with E-state index in [0.717, 1.165) is 0 Å². The molecule has 0 saturated carbocycles. The lowest BCUT2D eigenvalue weighted by Gasteiger charge is -2.11. The first-order valence-corrected chi connectivity index (χ1v) is 4.38. The van der Waals surface area contributed by atoms with Gasteiger partial charge in [-0.25, -0.2) is 0 Å². The average molecular weight is 181 g/mol. The lowest BCUT2D eigenvalue weighted by molar-refractivity contribution is -0.122. The molecule has 13 heavy (non-hydrogen) atoms. The number of likely N-dealkylation sites (N-methyl/N-ethyl adjacent to an activating group) is 1. The molecule has 0 aromatic carbocycles. The van der Waals surface area contributed by atoms with E-state index >= 15 is 0 Å². The Balaban J connectivity index is 2.41. The number of nitrogens with two attached hydrogens (primary N) is 1. The number of hydrogen-bond donors (Lipinski definition) is 2. The monoisotopic (exact) mass is 181 g/mol. The summed E-state index contributed by atoms with van der Waals surface area (Å²) < 4.78 is 1.89. The molecule has 0 unspecified atom stereocenters. The highest BCUT2D eigenvalue weighted by Gasteiger charge is 2.11. The fourth-order valence-corrected chi connectivity index (χ4v) is 1.11. The quantitative estimate of drug-likeness (QED) is 0.684. The number of nitrogens with zero attached hydrogens (tertiary/aromatic N) is 1. The van der Waals surface area contributed by atoms with Gasteiger partial charge < -0.3 is 15.6 Å². The van der Waals surface area contributed by atoms with Gasteiger partial charge in [-0.15, -0.1) is 0 Å². The van der Waals surface area contributed by atoms with E-state index in [2.05, 4.69) is 5.32 Å². The van der Waals surface area contributed by atoms with Gasteiger partial charge in [-0.1, -0.05) is 0 Å². The first kappa shape index (κ1) is 9.80. The van der Waals surface area contributed by atoms with Crippen molar-refractivity contribution < 1.29 is 4.79 Å². The number of hydrogen-bond acceptors (Lipinski definition) is 2. The van der Waals surface area contributed by atoms with Crippen LogP contribution in [0.2, 0.25) is 0 Å². The number of aromatic nitrogens is 1. The molecular weight excluding hydrogens is 166 g/mol. The van der Waals surface area contributed by atoms with Gasteiger partial charge >= 0.3 is 0 Å². The molecule has 1 aromatic rings. The van der Waals surface area contributed by atoms with Crippen LogP contribution in [-0.2, 0) is 11.3 Å². The third kappa shape index (κ3) is 2.91. The van der Waals surface area contributed by atoms with Crippen LogP contribution in [-0.4, -0.2) is 23.1 Å². The summed E-state index contributed by atoms with van der Waals surface area (Å²) in [5.74, 6) is -0.101. The molecule has 4 nitrogen and oxygen atoms in total. The van der Waals surface area contributed by atoms with Gasteiger partial charge in [-0.05, 0) is 19.1 Å². The van der Waals surface area contributed by atoms with Crippen LogP contribution in [0, 0.1) is 0 Å². The molecule has 0 aliphatic rings. The predicted molar refractivity (Wildman–Crippen MR) is 51.1 cm³/mol. The maximum atomic E-state index is 11.2. The van der Waals surface area contributed by atoms with Crippen molar-refractivity contribution in [2.24, 2.45) is 5.73 Å². The smallest absolute Gasteiger partial charge is 0.238 e. The maximum absolute atomic E-state index is 11.2. The second kappa shape index (κ2) is 4.67. The summed E-state index contributed by atoms with van der Waals surface area (Å²) >= 11 is 0. The lowest BCUT2D eigenvalue weighted by atomic mass is 10.3. The summed E-state index contributed by atoms with van der Waals surface area (Å²) in [5.41, 5.74) is 5.66. The molecule has 1 atom stereocenters. The number of amides is 1. The van der Waals surface area contributed by atoms with Crippen molar-refractivity contribution in [1.82, 2.24) is 9.88 Å². The first-order valence-electron chi connectivity index (χ1n) is 4.38. The van der Waals surface area contributed by atoms with Gasteiger partial charge in [-0.3, -0.25) is 4.79 Å². The molecule has 0 saturated heterocycles. The van der Waals surface area contributed by atoms with Gasteiger partial charge in [0.25, 0.3) is 0 Å². The third-order valence-corrected chi connectivity index (χ3v) is 1.76. The molecule has 0 radical (unpaired) electrons. The normalized spacial score (nSPS) is 12.5. The van der Waals surface area contributed by atoms with Crippen LogP contribution in [0.15, 0.2) is 24.5 Å². The molecule has 72 valence electrons. The molecule has 0 aliphatic heterocycles. The Bertz CT molecular complexity index is 256. The van der Waals surface area contributed by atoms with E-state index in [-0.39, 0.29) is 5.91 Å². The summed E-state index contributed by atoms with van der Waals surface area (Å²) in [7, 11) is 0. The van der Waals surface area contributed by atoms with E-state index < -0.39 is 6.04 Å². The van der Waals surface area contributed by atoms with Crippen molar-refractivity contribution in [1.29, 1.82) is 0 Å². The Kier molecular flexibility index (Phi) is 3.52. The summed E-state index contributed by atoms with van der Waals surface area (Å²) in [6, 6.07) is 3.35. The fourth-order valence-electron chi connectivity index (χ4n) is 1.11. The van der Waals surface area contributed by atoms with Gasteiger partial charge in [0, 0.05) is 25.5 Å². The molecule has 4 heteroatoms. The lowest BCUT2D eigenvalue weighted by Crippen LogP contribution is -2.42. The maximum Gasteiger partial charge on any atom is 0.238 e. The van der Waals surface area contributed by atoms with E-state index in [4.69, 9.17) is 5.73 Å². The van der Waals surface area contributed by atoms with Crippen molar-refractivity contribution in [2.75, 3.05) is 6.54 Å². The van der Waals surface area contributed by atoms with Crippen LogP contribution in [0.4, 0.5) is 0 Å². The molecule has 1 aromatic heterocycles. The molecule has 3 N–H and O–H groups in total. The Morgan fingerprint density at radius 1 is 1.54 bits per heavy atom. The number of nitrogens with one attached hydrogen (secondary N) is 1. The number of carbonyl (C=O) groups is 1. The zero-order valence-corrected chi connectivity index (χ0v) is 7.73. The summed E-state index contributed by atoms with van der Waals surface area (Å²) in [6.45, 7) is 3.03. The van der Waals surface area contributed by atoms with E-state index in [1.54, 1.807) is 0 Å². The molecule has 0 spiro atoms. The highest BCUT2D eigenvalue weighted by atomic mass is 16.2. The van der Waals surface area contributed by atoms with E-state index in [0.29, 0.717) is 13.1 Å². The van der Waals surface area contributed by atoms with E-state index in [9.17, 15) is 4.79 Å². The van der Waals surface area contributed by atoms with Crippen molar-refractivity contribution in [3.8, 4) is 0 Å². The molecular formula is C9H15N3O. The summed E-state index contributed by atoms with van der Waals surface area (Å²) in [5, 5.41) is 2.68. The van der Waals surface area contributed by atoms with Crippen molar-refractivity contribution in [3.05, 3.63) is 24.5 Å². The molecule has 1 heterocycles. The van der Waals surface area contributed by atoms with Crippen molar-refractivity contribution in [3.63, 3.8) is 0 Å².